The molecule has 0 bridgehead atoms. The molecule has 2 aromatic rings. The van der Waals surface area contributed by atoms with Crippen LogP contribution in [0.4, 0.5) is 0 Å². The van der Waals surface area contributed by atoms with Gasteiger partial charge in [0.05, 0.1) is 14.2 Å². The van der Waals surface area contributed by atoms with Crippen molar-refractivity contribution in [1.29, 1.82) is 0 Å². The van der Waals surface area contributed by atoms with Gasteiger partial charge in [0.15, 0.2) is 0 Å². The summed E-state index contributed by atoms with van der Waals surface area (Å²) < 4.78 is 10.8. The summed E-state index contributed by atoms with van der Waals surface area (Å²) in [6, 6.07) is 12.9. The van der Waals surface area contributed by atoms with Gasteiger partial charge in [-0.15, -0.1) is 0 Å². The monoisotopic (exact) mass is 271 g/mol. The molecule has 1 N–H and O–H groups in total. The highest BCUT2D eigenvalue weighted by molar-refractivity contribution is 5.96. The van der Waals surface area contributed by atoms with Gasteiger partial charge < -0.3 is 14.8 Å². The number of carbonyl (C=O) groups is 1. The molecule has 4 nitrogen and oxygen atoms in total. The normalized spacial score (nSPS) is 9.95. The van der Waals surface area contributed by atoms with Crippen molar-refractivity contribution in [3.63, 3.8) is 0 Å². The van der Waals surface area contributed by atoms with Crippen LogP contribution in [-0.4, -0.2) is 27.2 Å². The summed E-state index contributed by atoms with van der Waals surface area (Å²) in [5.74, 6) is 1.30. The maximum atomic E-state index is 11.8. The van der Waals surface area contributed by atoms with Gasteiger partial charge in [-0.05, 0) is 24.3 Å². The predicted octanol–water partition coefficient (Wildman–Crippen LogP) is 2.73. The van der Waals surface area contributed by atoms with E-state index in [1.807, 2.05) is 24.3 Å². The molecule has 0 heterocycles. The first-order valence-corrected chi connectivity index (χ1v) is 6.24. The zero-order valence-corrected chi connectivity index (χ0v) is 11.8. The topological polar surface area (TPSA) is 47.6 Å². The Bertz CT molecular complexity index is 623. The molecule has 0 saturated carbocycles. The van der Waals surface area contributed by atoms with Crippen LogP contribution >= 0.6 is 0 Å². The molecule has 4 heteroatoms. The number of rotatable bonds is 4. The standard InChI is InChI=1S/C16H17NO3/c1-17-16(18)11-8-9-15(20-3)13(10-11)12-6-4-5-7-14(12)19-2/h4-10H,1-3H3,(H,17,18). The summed E-state index contributed by atoms with van der Waals surface area (Å²) in [5.41, 5.74) is 2.29. The Morgan fingerprint density at radius 1 is 0.950 bits per heavy atom. The average Bonchev–Trinajstić information content (AvgIpc) is 2.53. The molecule has 104 valence electrons. The number of carbonyl (C=O) groups excluding carboxylic acids is 1. The highest BCUT2D eigenvalue weighted by atomic mass is 16.5. The van der Waals surface area contributed by atoms with Crippen molar-refractivity contribution < 1.29 is 14.3 Å². The second-order valence-electron chi connectivity index (χ2n) is 4.19. The largest absolute Gasteiger partial charge is 0.496 e. The number of hydrogen-bond donors (Lipinski definition) is 1. The van der Waals surface area contributed by atoms with E-state index in [9.17, 15) is 4.79 Å². The van der Waals surface area contributed by atoms with Crippen LogP contribution < -0.4 is 14.8 Å². The van der Waals surface area contributed by atoms with E-state index in [4.69, 9.17) is 9.47 Å². The average molecular weight is 271 g/mol. The van der Waals surface area contributed by atoms with Crippen LogP contribution in [0, 0.1) is 0 Å². The van der Waals surface area contributed by atoms with Crippen molar-refractivity contribution in [1.82, 2.24) is 5.32 Å². The first-order chi connectivity index (χ1) is 9.71. The van der Waals surface area contributed by atoms with Crippen LogP contribution in [0.25, 0.3) is 11.1 Å². The molecular weight excluding hydrogens is 254 g/mol. The second kappa shape index (κ2) is 6.10. The number of ether oxygens (including phenoxy) is 2. The molecule has 0 unspecified atom stereocenters. The number of benzene rings is 2. The summed E-state index contributed by atoms with van der Waals surface area (Å²) >= 11 is 0. The molecule has 0 spiro atoms. The van der Waals surface area contributed by atoms with Gasteiger partial charge in [0.1, 0.15) is 11.5 Å². The Labute approximate surface area is 118 Å². The Morgan fingerprint density at radius 2 is 1.60 bits per heavy atom. The van der Waals surface area contributed by atoms with Crippen molar-refractivity contribution >= 4 is 5.91 Å². The molecule has 2 aromatic carbocycles. The van der Waals surface area contributed by atoms with Crippen LogP contribution in [0.5, 0.6) is 11.5 Å². The molecule has 0 aliphatic heterocycles. The summed E-state index contributed by atoms with van der Waals surface area (Å²) in [7, 11) is 4.83. The lowest BCUT2D eigenvalue weighted by atomic mass is 10.0. The Kier molecular flexibility index (Phi) is 4.25. The SMILES string of the molecule is CNC(=O)c1ccc(OC)c(-c2ccccc2OC)c1. The third kappa shape index (κ3) is 2.59. The maximum Gasteiger partial charge on any atom is 0.251 e. The van der Waals surface area contributed by atoms with Gasteiger partial charge in [-0.2, -0.15) is 0 Å². The van der Waals surface area contributed by atoms with Crippen LogP contribution in [0.1, 0.15) is 10.4 Å². The highest BCUT2D eigenvalue weighted by Gasteiger charge is 2.13. The summed E-state index contributed by atoms with van der Waals surface area (Å²) in [6.07, 6.45) is 0. The van der Waals surface area contributed by atoms with Crippen LogP contribution in [0.15, 0.2) is 42.5 Å². The second-order valence-corrected chi connectivity index (χ2v) is 4.19. The minimum atomic E-state index is -0.135. The van der Waals surface area contributed by atoms with Crippen molar-refractivity contribution in [2.75, 3.05) is 21.3 Å². The van der Waals surface area contributed by atoms with E-state index in [0.29, 0.717) is 11.3 Å². The fourth-order valence-corrected chi connectivity index (χ4v) is 2.07. The molecule has 0 saturated heterocycles. The predicted molar refractivity (Wildman–Crippen MR) is 78.4 cm³/mol. The van der Waals surface area contributed by atoms with Gasteiger partial charge in [0, 0.05) is 23.7 Å². The van der Waals surface area contributed by atoms with E-state index in [2.05, 4.69) is 5.32 Å². The minimum Gasteiger partial charge on any atom is -0.496 e. The van der Waals surface area contributed by atoms with Gasteiger partial charge >= 0.3 is 0 Å². The number of hydrogen-bond acceptors (Lipinski definition) is 3. The molecule has 2 rings (SSSR count). The molecule has 1 amide bonds. The number of para-hydroxylation sites is 1. The molecule has 20 heavy (non-hydrogen) atoms. The molecular formula is C16H17NO3. The van der Waals surface area contributed by atoms with E-state index >= 15 is 0 Å². The number of methoxy groups -OCH3 is 2. The van der Waals surface area contributed by atoms with E-state index in [1.165, 1.54) is 0 Å². The van der Waals surface area contributed by atoms with Crippen LogP contribution in [-0.2, 0) is 0 Å². The number of nitrogens with one attached hydrogen (secondary N) is 1. The van der Waals surface area contributed by atoms with Crippen molar-refractivity contribution in [2.45, 2.75) is 0 Å². The third-order valence-corrected chi connectivity index (χ3v) is 3.09. The van der Waals surface area contributed by atoms with E-state index in [0.717, 1.165) is 16.9 Å². The first kappa shape index (κ1) is 13.9. The van der Waals surface area contributed by atoms with Crippen molar-refractivity contribution in [2.24, 2.45) is 0 Å². The third-order valence-electron chi connectivity index (χ3n) is 3.09. The van der Waals surface area contributed by atoms with Gasteiger partial charge in [-0.1, -0.05) is 18.2 Å². The smallest absolute Gasteiger partial charge is 0.251 e. The summed E-state index contributed by atoms with van der Waals surface area (Å²) in [5, 5.41) is 2.62. The molecule has 0 atom stereocenters. The zero-order chi connectivity index (χ0) is 14.5. The van der Waals surface area contributed by atoms with Gasteiger partial charge in [0.2, 0.25) is 0 Å². The molecule has 0 fully saturated rings. The molecule has 0 radical (unpaired) electrons. The van der Waals surface area contributed by atoms with Gasteiger partial charge in [-0.3, -0.25) is 4.79 Å². The summed E-state index contributed by atoms with van der Waals surface area (Å²) in [4.78, 5) is 11.8. The highest BCUT2D eigenvalue weighted by Crippen LogP contribution is 2.36. The Hall–Kier alpha value is -2.49. The molecule has 0 aliphatic rings. The van der Waals surface area contributed by atoms with Gasteiger partial charge in [-0.25, -0.2) is 0 Å². The molecule has 0 aromatic heterocycles. The lowest BCUT2D eigenvalue weighted by Crippen LogP contribution is -2.17. The van der Waals surface area contributed by atoms with Crippen molar-refractivity contribution in [3.8, 4) is 22.6 Å². The quantitative estimate of drug-likeness (QED) is 0.930. The lowest BCUT2D eigenvalue weighted by molar-refractivity contribution is 0.0963. The van der Waals surface area contributed by atoms with E-state index in [-0.39, 0.29) is 5.91 Å². The van der Waals surface area contributed by atoms with Crippen LogP contribution in [0.2, 0.25) is 0 Å². The van der Waals surface area contributed by atoms with E-state index in [1.54, 1.807) is 39.5 Å². The van der Waals surface area contributed by atoms with Crippen LogP contribution in [0.3, 0.4) is 0 Å². The zero-order valence-electron chi connectivity index (χ0n) is 11.8. The van der Waals surface area contributed by atoms with Gasteiger partial charge in [0.25, 0.3) is 5.91 Å². The lowest BCUT2D eigenvalue weighted by Gasteiger charge is -2.13. The maximum absolute atomic E-state index is 11.8. The number of amides is 1. The Balaban J connectivity index is 2.61. The Morgan fingerprint density at radius 3 is 2.25 bits per heavy atom. The molecule has 0 aliphatic carbocycles. The first-order valence-electron chi connectivity index (χ1n) is 6.24. The van der Waals surface area contributed by atoms with E-state index < -0.39 is 0 Å². The fourth-order valence-electron chi connectivity index (χ4n) is 2.07. The fraction of sp³-hybridized carbons (Fsp3) is 0.188. The summed E-state index contributed by atoms with van der Waals surface area (Å²) in [6.45, 7) is 0. The van der Waals surface area contributed by atoms with Crippen molar-refractivity contribution in [3.05, 3.63) is 48.0 Å². The minimum absolute atomic E-state index is 0.135.